The number of rotatable bonds is 5. The van der Waals surface area contributed by atoms with Crippen molar-refractivity contribution in [3.8, 4) is 0 Å². The normalized spacial score (nSPS) is 13.1. The molecule has 1 rings (SSSR count). The average molecular weight is 250 g/mol. The van der Waals surface area contributed by atoms with Crippen molar-refractivity contribution in [2.24, 2.45) is 5.92 Å². The zero-order valence-electron chi connectivity index (χ0n) is 10.8. The molecular weight excluding hydrogens is 232 g/mol. The van der Waals surface area contributed by atoms with Crippen molar-refractivity contribution in [1.29, 1.82) is 0 Å². The van der Waals surface area contributed by atoms with Gasteiger partial charge >= 0.3 is 11.9 Å². The van der Waals surface area contributed by atoms with Crippen LogP contribution in [-0.2, 0) is 15.0 Å². The van der Waals surface area contributed by atoms with Gasteiger partial charge in [0.1, 0.15) is 0 Å². The second-order valence-corrected chi connectivity index (χ2v) is 5.08. The SMILES string of the molecule is Cc1ccc(C(C)(C)[C@H](CC(=O)O)C(=O)O)cc1. The summed E-state index contributed by atoms with van der Waals surface area (Å²) >= 11 is 0. The van der Waals surface area contributed by atoms with E-state index in [0.717, 1.165) is 11.1 Å². The summed E-state index contributed by atoms with van der Waals surface area (Å²) in [6.07, 6.45) is -0.379. The Morgan fingerprint density at radius 2 is 1.67 bits per heavy atom. The Morgan fingerprint density at radius 3 is 2.06 bits per heavy atom. The minimum atomic E-state index is -1.09. The number of hydrogen-bond acceptors (Lipinski definition) is 2. The van der Waals surface area contributed by atoms with Crippen molar-refractivity contribution in [3.05, 3.63) is 35.4 Å². The van der Waals surface area contributed by atoms with Crippen molar-refractivity contribution in [2.45, 2.75) is 32.6 Å². The summed E-state index contributed by atoms with van der Waals surface area (Å²) in [6.45, 7) is 5.47. The van der Waals surface area contributed by atoms with Crippen LogP contribution in [0.3, 0.4) is 0 Å². The molecule has 0 amide bonds. The second-order valence-electron chi connectivity index (χ2n) is 5.08. The molecule has 0 aliphatic heterocycles. The van der Waals surface area contributed by atoms with E-state index in [4.69, 9.17) is 5.11 Å². The van der Waals surface area contributed by atoms with E-state index in [1.807, 2.05) is 31.2 Å². The zero-order chi connectivity index (χ0) is 13.9. The molecule has 0 radical (unpaired) electrons. The summed E-state index contributed by atoms with van der Waals surface area (Å²) < 4.78 is 0. The molecule has 0 aliphatic carbocycles. The van der Waals surface area contributed by atoms with Gasteiger partial charge in [0, 0.05) is 5.41 Å². The minimum Gasteiger partial charge on any atom is -0.481 e. The number of carboxylic acids is 2. The number of aliphatic carboxylic acids is 2. The van der Waals surface area contributed by atoms with Gasteiger partial charge in [-0.3, -0.25) is 9.59 Å². The maximum atomic E-state index is 11.3. The molecule has 18 heavy (non-hydrogen) atoms. The first-order valence-electron chi connectivity index (χ1n) is 5.77. The fourth-order valence-electron chi connectivity index (χ4n) is 2.01. The van der Waals surface area contributed by atoms with Gasteiger partial charge < -0.3 is 10.2 Å². The molecule has 0 aromatic heterocycles. The van der Waals surface area contributed by atoms with Crippen molar-refractivity contribution in [1.82, 2.24) is 0 Å². The van der Waals surface area contributed by atoms with E-state index < -0.39 is 23.3 Å². The van der Waals surface area contributed by atoms with Gasteiger partial charge in [0.25, 0.3) is 0 Å². The number of carbonyl (C=O) groups is 2. The smallest absolute Gasteiger partial charge is 0.307 e. The average Bonchev–Trinajstić information content (AvgIpc) is 2.25. The Kier molecular flexibility index (Phi) is 4.11. The lowest BCUT2D eigenvalue weighted by atomic mass is 9.72. The molecule has 0 heterocycles. The predicted octanol–water partition coefficient (Wildman–Crippen LogP) is 2.45. The first-order valence-corrected chi connectivity index (χ1v) is 5.77. The van der Waals surface area contributed by atoms with E-state index >= 15 is 0 Å². The fraction of sp³-hybridized carbons (Fsp3) is 0.429. The van der Waals surface area contributed by atoms with Crippen molar-refractivity contribution < 1.29 is 19.8 Å². The van der Waals surface area contributed by atoms with Crippen LogP contribution in [-0.4, -0.2) is 22.2 Å². The molecule has 0 saturated heterocycles. The lowest BCUT2D eigenvalue weighted by Crippen LogP contribution is -2.36. The van der Waals surface area contributed by atoms with Crippen LogP contribution in [0.2, 0.25) is 0 Å². The lowest BCUT2D eigenvalue weighted by Gasteiger charge is -2.31. The summed E-state index contributed by atoms with van der Waals surface area (Å²) in [5, 5.41) is 18.0. The molecular formula is C14H18O4. The van der Waals surface area contributed by atoms with Gasteiger partial charge in [-0.2, -0.15) is 0 Å². The second kappa shape index (κ2) is 5.21. The fourth-order valence-corrected chi connectivity index (χ4v) is 2.01. The highest BCUT2D eigenvalue weighted by Crippen LogP contribution is 2.34. The van der Waals surface area contributed by atoms with E-state index in [2.05, 4.69) is 0 Å². The van der Waals surface area contributed by atoms with Crippen LogP contribution in [0.5, 0.6) is 0 Å². The quantitative estimate of drug-likeness (QED) is 0.841. The van der Waals surface area contributed by atoms with Crippen LogP contribution in [0.1, 0.15) is 31.4 Å². The Bertz CT molecular complexity index is 445. The molecule has 1 aromatic carbocycles. The van der Waals surface area contributed by atoms with Gasteiger partial charge in [0.2, 0.25) is 0 Å². The van der Waals surface area contributed by atoms with Gasteiger partial charge in [-0.15, -0.1) is 0 Å². The lowest BCUT2D eigenvalue weighted by molar-refractivity contribution is -0.150. The van der Waals surface area contributed by atoms with Crippen LogP contribution < -0.4 is 0 Å². The van der Waals surface area contributed by atoms with E-state index in [0.29, 0.717) is 0 Å². The summed E-state index contributed by atoms with van der Waals surface area (Å²) in [7, 11) is 0. The van der Waals surface area contributed by atoms with Crippen LogP contribution in [0.15, 0.2) is 24.3 Å². The van der Waals surface area contributed by atoms with E-state index in [1.165, 1.54) is 0 Å². The molecule has 2 N–H and O–H groups in total. The number of carboxylic acid groups (broad SMARTS) is 2. The third-order valence-electron chi connectivity index (χ3n) is 3.34. The Morgan fingerprint density at radius 1 is 1.17 bits per heavy atom. The number of aryl methyl sites for hydroxylation is 1. The molecule has 1 aromatic rings. The van der Waals surface area contributed by atoms with Gasteiger partial charge in [0.15, 0.2) is 0 Å². The van der Waals surface area contributed by atoms with Gasteiger partial charge in [-0.1, -0.05) is 43.7 Å². The molecule has 0 unspecified atom stereocenters. The van der Waals surface area contributed by atoms with Crippen LogP contribution in [0, 0.1) is 12.8 Å². The standard InChI is InChI=1S/C14H18O4/c1-9-4-6-10(7-5-9)14(2,3)11(13(17)18)8-12(15)16/h4-7,11H,8H2,1-3H3,(H,15,16)(H,17,18)/t11-/m1/s1. The highest BCUT2D eigenvalue weighted by atomic mass is 16.4. The Hall–Kier alpha value is -1.84. The molecule has 4 nitrogen and oxygen atoms in total. The molecule has 4 heteroatoms. The highest BCUT2D eigenvalue weighted by molar-refractivity contribution is 5.79. The maximum absolute atomic E-state index is 11.3. The molecule has 0 saturated carbocycles. The van der Waals surface area contributed by atoms with Crippen LogP contribution >= 0.6 is 0 Å². The molecule has 1 atom stereocenters. The zero-order valence-corrected chi connectivity index (χ0v) is 10.8. The molecule has 0 spiro atoms. The Balaban J connectivity index is 3.11. The molecule has 0 bridgehead atoms. The summed E-state index contributed by atoms with van der Waals surface area (Å²) in [6, 6.07) is 7.51. The van der Waals surface area contributed by atoms with Gasteiger partial charge in [-0.05, 0) is 12.5 Å². The van der Waals surface area contributed by atoms with Gasteiger partial charge in [-0.25, -0.2) is 0 Å². The molecule has 98 valence electrons. The van der Waals surface area contributed by atoms with E-state index in [9.17, 15) is 14.7 Å². The maximum Gasteiger partial charge on any atom is 0.307 e. The van der Waals surface area contributed by atoms with Crippen LogP contribution in [0.25, 0.3) is 0 Å². The van der Waals surface area contributed by atoms with Crippen molar-refractivity contribution in [2.75, 3.05) is 0 Å². The third-order valence-corrected chi connectivity index (χ3v) is 3.34. The van der Waals surface area contributed by atoms with Crippen molar-refractivity contribution >= 4 is 11.9 Å². The van der Waals surface area contributed by atoms with E-state index in [1.54, 1.807) is 13.8 Å². The Labute approximate surface area is 106 Å². The number of hydrogen-bond donors (Lipinski definition) is 2. The third kappa shape index (κ3) is 3.09. The first-order chi connectivity index (χ1) is 8.25. The topological polar surface area (TPSA) is 74.6 Å². The highest BCUT2D eigenvalue weighted by Gasteiger charge is 2.38. The van der Waals surface area contributed by atoms with E-state index in [-0.39, 0.29) is 6.42 Å². The molecule has 0 fully saturated rings. The molecule has 0 aliphatic rings. The van der Waals surface area contributed by atoms with Crippen LogP contribution in [0.4, 0.5) is 0 Å². The summed E-state index contributed by atoms with van der Waals surface area (Å²) in [5.41, 5.74) is 1.19. The summed E-state index contributed by atoms with van der Waals surface area (Å²) in [5.74, 6) is -3.12. The minimum absolute atomic E-state index is 0.379. The number of benzene rings is 1. The summed E-state index contributed by atoms with van der Waals surface area (Å²) in [4.78, 5) is 22.0. The monoisotopic (exact) mass is 250 g/mol. The van der Waals surface area contributed by atoms with Gasteiger partial charge in [0.05, 0.1) is 12.3 Å². The largest absolute Gasteiger partial charge is 0.481 e. The van der Waals surface area contributed by atoms with Crippen molar-refractivity contribution in [3.63, 3.8) is 0 Å². The first kappa shape index (κ1) is 14.2. The predicted molar refractivity (Wildman–Crippen MR) is 67.6 cm³/mol.